The summed E-state index contributed by atoms with van der Waals surface area (Å²) in [5.41, 5.74) is 0.169. The highest BCUT2D eigenvalue weighted by Gasteiger charge is 2.52. The molecule has 0 atom stereocenters. The van der Waals surface area contributed by atoms with Crippen LogP contribution in [0.2, 0.25) is 5.02 Å². The Morgan fingerprint density at radius 1 is 1.04 bits per heavy atom. The summed E-state index contributed by atoms with van der Waals surface area (Å²) in [5.74, 6) is -2.60. The van der Waals surface area contributed by atoms with Gasteiger partial charge in [0.2, 0.25) is 0 Å². The van der Waals surface area contributed by atoms with E-state index in [0.29, 0.717) is 21.9 Å². The van der Waals surface area contributed by atoms with Gasteiger partial charge in [0, 0.05) is 11.1 Å². The van der Waals surface area contributed by atoms with Gasteiger partial charge in [0.05, 0.1) is 10.5 Å². The Kier molecular flexibility index (Phi) is 3.09. The number of alkyl halides is 2. The minimum absolute atomic E-state index is 0.0242. The molecule has 0 unspecified atom stereocenters. The summed E-state index contributed by atoms with van der Waals surface area (Å²) in [4.78, 5) is 8.69. The minimum atomic E-state index is -3.05. The van der Waals surface area contributed by atoms with Gasteiger partial charge >= 0.3 is 0 Å². The Morgan fingerprint density at radius 2 is 1.79 bits per heavy atom. The second kappa shape index (κ2) is 4.86. The number of aliphatic imine (C=N–C) groups is 1. The second-order valence-electron chi connectivity index (χ2n) is 6.34. The summed E-state index contributed by atoms with van der Waals surface area (Å²) in [5, 5.41) is 0.514. The first kappa shape index (κ1) is 15.3. The van der Waals surface area contributed by atoms with Crippen LogP contribution in [0.15, 0.2) is 53.8 Å². The van der Waals surface area contributed by atoms with Gasteiger partial charge in [0.25, 0.3) is 5.92 Å². The first-order valence-corrected chi connectivity index (χ1v) is 7.90. The van der Waals surface area contributed by atoms with Crippen molar-refractivity contribution < 1.29 is 8.78 Å². The predicted molar refractivity (Wildman–Crippen MR) is 91.1 cm³/mol. The maximum atomic E-state index is 14.8. The molecule has 0 saturated carbocycles. The van der Waals surface area contributed by atoms with Gasteiger partial charge in [-0.15, -0.1) is 0 Å². The molecule has 3 aromatic rings. The summed E-state index contributed by atoms with van der Waals surface area (Å²) >= 11 is 6.18. The standard InChI is InChI=1S/C18H14ClF2N3/c1-17(2)18(20,21)12-7-4-3-6-11(12)16(23-17)24-10-22-15-13(19)8-5-9-14(15)24/h3-10H,1-2H3. The second-order valence-corrected chi connectivity index (χ2v) is 6.74. The van der Waals surface area contributed by atoms with Crippen molar-refractivity contribution in [2.45, 2.75) is 25.3 Å². The molecule has 1 aliphatic heterocycles. The normalized spacial score (nSPS) is 18.3. The lowest BCUT2D eigenvalue weighted by molar-refractivity contribution is -0.0684. The van der Waals surface area contributed by atoms with E-state index in [4.69, 9.17) is 11.6 Å². The highest BCUT2D eigenvalue weighted by Crippen LogP contribution is 2.46. The number of para-hydroxylation sites is 1. The van der Waals surface area contributed by atoms with Gasteiger partial charge in [-0.1, -0.05) is 41.9 Å². The molecule has 0 N–H and O–H groups in total. The van der Waals surface area contributed by atoms with E-state index in [1.165, 1.54) is 19.9 Å². The molecule has 3 nitrogen and oxygen atoms in total. The Hall–Kier alpha value is -2.27. The van der Waals surface area contributed by atoms with Crippen molar-refractivity contribution in [1.29, 1.82) is 0 Å². The van der Waals surface area contributed by atoms with Crippen LogP contribution >= 0.6 is 11.6 Å². The number of benzene rings is 2. The van der Waals surface area contributed by atoms with Gasteiger partial charge in [-0.2, -0.15) is 8.78 Å². The molecule has 1 aliphatic rings. The molecule has 0 bridgehead atoms. The molecule has 0 saturated heterocycles. The van der Waals surface area contributed by atoms with Crippen LogP contribution in [0.5, 0.6) is 0 Å². The summed E-state index contributed by atoms with van der Waals surface area (Å²) in [7, 11) is 0. The van der Waals surface area contributed by atoms with Crippen molar-refractivity contribution in [2.24, 2.45) is 4.99 Å². The number of rotatable bonds is 0. The molecular formula is C18H14ClF2N3. The third kappa shape index (κ3) is 1.94. The smallest absolute Gasteiger partial charge is 0.283 e. The summed E-state index contributed by atoms with van der Waals surface area (Å²) < 4.78 is 31.3. The fraction of sp³-hybridized carbons (Fsp3) is 0.222. The van der Waals surface area contributed by atoms with Crippen LogP contribution in [-0.2, 0) is 5.92 Å². The van der Waals surface area contributed by atoms with Crippen LogP contribution in [0.1, 0.15) is 25.0 Å². The summed E-state index contributed by atoms with van der Waals surface area (Å²) in [6, 6.07) is 11.9. The minimum Gasteiger partial charge on any atom is -0.283 e. The van der Waals surface area contributed by atoms with Crippen molar-refractivity contribution in [3.8, 4) is 0 Å². The van der Waals surface area contributed by atoms with E-state index in [1.807, 2.05) is 6.07 Å². The van der Waals surface area contributed by atoms with E-state index in [2.05, 4.69) is 9.98 Å². The topological polar surface area (TPSA) is 30.2 Å². The zero-order valence-corrected chi connectivity index (χ0v) is 13.9. The molecule has 2 heterocycles. The molecule has 6 heteroatoms. The molecule has 2 aromatic carbocycles. The SMILES string of the molecule is CC1(C)N=C(n2cnc3c(Cl)cccc32)c2ccccc2C1(F)F. The summed E-state index contributed by atoms with van der Waals surface area (Å²) in [6.45, 7) is 2.88. The van der Waals surface area contributed by atoms with Gasteiger partial charge < -0.3 is 0 Å². The van der Waals surface area contributed by atoms with E-state index in [9.17, 15) is 8.78 Å². The number of halogens is 3. The number of nitrogens with zero attached hydrogens (tertiary/aromatic N) is 3. The molecule has 0 amide bonds. The highest BCUT2D eigenvalue weighted by molar-refractivity contribution is 6.35. The third-order valence-electron chi connectivity index (χ3n) is 4.42. The van der Waals surface area contributed by atoms with Crippen molar-refractivity contribution >= 4 is 28.5 Å². The van der Waals surface area contributed by atoms with Gasteiger partial charge in [0.1, 0.15) is 23.2 Å². The van der Waals surface area contributed by atoms with Crippen molar-refractivity contribution in [1.82, 2.24) is 9.55 Å². The van der Waals surface area contributed by atoms with Crippen LogP contribution in [0, 0.1) is 0 Å². The number of imidazole rings is 1. The molecular weight excluding hydrogens is 332 g/mol. The number of hydrogen-bond donors (Lipinski definition) is 0. The van der Waals surface area contributed by atoms with Crippen LogP contribution in [0.25, 0.3) is 11.0 Å². The average molecular weight is 346 g/mol. The first-order chi connectivity index (χ1) is 11.3. The summed E-state index contributed by atoms with van der Waals surface area (Å²) in [6.07, 6.45) is 1.58. The number of fused-ring (bicyclic) bond motifs is 2. The van der Waals surface area contributed by atoms with Gasteiger partial charge in [0.15, 0.2) is 0 Å². The molecule has 0 fully saturated rings. The van der Waals surface area contributed by atoms with Crippen molar-refractivity contribution in [3.63, 3.8) is 0 Å². The van der Waals surface area contributed by atoms with Crippen LogP contribution in [0.3, 0.4) is 0 Å². The average Bonchev–Trinajstić information content (AvgIpc) is 2.97. The molecule has 0 spiro atoms. The Bertz CT molecular complexity index is 989. The lowest BCUT2D eigenvalue weighted by Crippen LogP contribution is -2.45. The Morgan fingerprint density at radius 3 is 2.58 bits per heavy atom. The largest absolute Gasteiger partial charge is 0.298 e. The van der Waals surface area contributed by atoms with Gasteiger partial charge in [-0.25, -0.2) is 4.98 Å². The quantitative estimate of drug-likeness (QED) is 0.571. The van der Waals surface area contributed by atoms with Crippen molar-refractivity contribution in [3.05, 3.63) is 64.9 Å². The maximum Gasteiger partial charge on any atom is 0.298 e. The zero-order valence-electron chi connectivity index (χ0n) is 13.1. The molecule has 122 valence electrons. The van der Waals surface area contributed by atoms with E-state index in [1.54, 1.807) is 41.2 Å². The number of hydrogen-bond acceptors (Lipinski definition) is 2. The maximum absolute atomic E-state index is 14.8. The molecule has 1 aromatic heterocycles. The van der Waals surface area contributed by atoms with E-state index >= 15 is 0 Å². The fourth-order valence-electron chi connectivity index (χ4n) is 3.03. The van der Waals surface area contributed by atoms with Gasteiger partial charge in [-0.05, 0) is 26.0 Å². The molecule has 24 heavy (non-hydrogen) atoms. The van der Waals surface area contributed by atoms with E-state index < -0.39 is 11.5 Å². The van der Waals surface area contributed by atoms with Crippen molar-refractivity contribution in [2.75, 3.05) is 0 Å². The van der Waals surface area contributed by atoms with Crippen LogP contribution in [0.4, 0.5) is 8.78 Å². The predicted octanol–water partition coefficient (Wildman–Crippen LogP) is 4.87. The lowest BCUT2D eigenvalue weighted by Gasteiger charge is -2.37. The highest BCUT2D eigenvalue weighted by atomic mass is 35.5. The van der Waals surface area contributed by atoms with Crippen LogP contribution < -0.4 is 0 Å². The fourth-order valence-corrected chi connectivity index (χ4v) is 3.25. The molecule has 0 aliphatic carbocycles. The van der Waals surface area contributed by atoms with E-state index in [0.717, 1.165) is 5.52 Å². The lowest BCUT2D eigenvalue weighted by atomic mass is 9.84. The Balaban J connectivity index is 2.04. The number of aromatic nitrogens is 2. The molecule has 0 radical (unpaired) electrons. The first-order valence-electron chi connectivity index (χ1n) is 7.52. The third-order valence-corrected chi connectivity index (χ3v) is 4.72. The molecule has 4 rings (SSSR count). The van der Waals surface area contributed by atoms with Gasteiger partial charge in [-0.3, -0.25) is 9.56 Å². The Labute approximate surface area is 142 Å². The van der Waals surface area contributed by atoms with Crippen LogP contribution in [-0.4, -0.2) is 20.9 Å². The van der Waals surface area contributed by atoms with E-state index in [-0.39, 0.29) is 5.56 Å². The zero-order chi connectivity index (χ0) is 17.1. The monoisotopic (exact) mass is 345 g/mol.